The highest BCUT2D eigenvalue weighted by molar-refractivity contribution is 5.95. The number of hydrogen-bond donors (Lipinski definition) is 1. The number of anilines is 1. The van der Waals surface area contributed by atoms with Gasteiger partial charge in [-0.05, 0) is 57.6 Å². The van der Waals surface area contributed by atoms with Crippen molar-refractivity contribution >= 4 is 28.8 Å². The van der Waals surface area contributed by atoms with E-state index in [4.69, 9.17) is 9.72 Å². The first-order valence-electron chi connectivity index (χ1n) is 12.8. The average Bonchev–Trinajstić information content (AvgIpc) is 3.29. The molecule has 9 heteroatoms. The predicted octanol–water partition coefficient (Wildman–Crippen LogP) is 4.90. The van der Waals surface area contributed by atoms with Gasteiger partial charge >= 0.3 is 12.1 Å². The molecule has 2 unspecified atom stereocenters. The molecular weight excluding hydrogens is 458 g/mol. The van der Waals surface area contributed by atoms with Gasteiger partial charge < -0.3 is 14.4 Å². The normalized spacial score (nSPS) is 22.8. The van der Waals surface area contributed by atoms with Crippen LogP contribution < -0.4 is 4.90 Å². The second kappa shape index (κ2) is 9.87. The second-order valence-electron chi connectivity index (χ2n) is 10.1. The zero-order valence-electron chi connectivity index (χ0n) is 21.1. The Balaban J connectivity index is 1.60. The molecule has 190 valence electrons. The maximum Gasteiger partial charge on any atom is 0.414 e. The van der Waals surface area contributed by atoms with Crippen LogP contribution in [0.1, 0.15) is 75.0 Å². The lowest BCUT2D eigenvalue weighted by atomic mass is 9.85. The van der Waals surface area contributed by atoms with Crippen molar-refractivity contribution in [1.29, 1.82) is 0 Å². The minimum Gasteiger partial charge on any atom is -0.481 e. The Labute approximate surface area is 210 Å². The monoisotopic (exact) mass is 491 g/mol. The van der Waals surface area contributed by atoms with Crippen LogP contribution in [0.2, 0.25) is 0 Å². The number of carbonyl (C=O) groups is 2. The Morgan fingerprint density at radius 2 is 1.94 bits per heavy atom. The number of ether oxygens (including phenoxy) is 1. The maximum absolute atomic E-state index is 12.6. The van der Waals surface area contributed by atoms with Gasteiger partial charge in [0.2, 0.25) is 0 Å². The molecule has 1 aliphatic carbocycles. The standard InChI is InChI=1S/C27H33N5O4/c1-16(14-19-15-28-12-13-29-19)25-30-24-21-9-4-17(2)31(27(35)36-3)22(21)10-11-23(24)32(25)20-7-5-18(6-8-20)26(33)34/h10-13,15-18,20H,4-9,14H2,1-3H3,(H,33,34). The number of hydrogen-bond acceptors (Lipinski definition) is 6. The first-order chi connectivity index (χ1) is 17.4. The largest absolute Gasteiger partial charge is 0.481 e. The zero-order chi connectivity index (χ0) is 25.4. The van der Waals surface area contributed by atoms with E-state index in [2.05, 4.69) is 27.5 Å². The van der Waals surface area contributed by atoms with Gasteiger partial charge in [-0.1, -0.05) is 6.92 Å². The summed E-state index contributed by atoms with van der Waals surface area (Å²) >= 11 is 0. The molecule has 0 spiro atoms. The van der Waals surface area contributed by atoms with Gasteiger partial charge in [0.15, 0.2) is 0 Å². The molecule has 1 saturated carbocycles. The van der Waals surface area contributed by atoms with E-state index in [-0.39, 0.29) is 30.0 Å². The number of aliphatic carboxylic acids is 1. The molecule has 0 radical (unpaired) electrons. The molecule has 0 bridgehead atoms. The van der Waals surface area contributed by atoms with Crippen LogP contribution in [-0.4, -0.2) is 49.8 Å². The third-order valence-corrected chi connectivity index (χ3v) is 7.84. The van der Waals surface area contributed by atoms with Gasteiger partial charge in [0, 0.05) is 48.6 Å². The van der Waals surface area contributed by atoms with Crippen molar-refractivity contribution in [1.82, 2.24) is 19.5 Å². The van der Waals surface area contributed by atoms with E-state index < -0.39 is 5.97 Å². The third kappa shape index (κ3) is 4.31. The Hall–Kier alpha value is -3.49. The summed E-state index contributed by atoms with van der Waals surface area (Å²) in [5, 5.41) is 9.50. The van der Waals surface area contributed by atoms with E-state index in [1.54, 1.807) is 23.5 Å². The van der Waals surface area contributed by atoms with Gasteiger partial charge in [-0.2, -0.15) is 0 Å². The number of carbonyl (C=O) groups excluding carboxylic acids is 1. The van der Waals surface area contributed by atoms with Gasteiger partial charge in [-0.15, -0.1) is 0 Å². The van der Waals surface area contributed by atoms with E-state index in [9.17, 15) is 14.7 Å². The average molecular weight is 492 g/mol. The first kappa shape index (κ1) is 24.2. The smallest absolute Gasteiger partial charge is 0.414 e. The molecule has 2 aliphatic rings. The molecule has 3 heterocycles. The summed E-state index contributed by atoms with van der Waals surface area (Å²) in [6.07, 6.45) is 10.1. The summed E-state index contributed by atoms with van der Waals surface area (Å²) in [5.41, 5.74) is 4.82. The van der Waals surface area contributed by atoms with Crippen LogP contribution in [-0.2, 0) is 22.4 Å². The molecule has 1 amide bonds. The summed E-state index contributed by atoms with van der Waals surface area (Å²) in [7, 11) is 1.41. The lowest BCUT2D eigenvalue weighted by molar-refractivity contribution is -0.143. The highest BCUT2D eigenvalue weighted by atomic mass is 16.5. The number of carboxylic acid groups (broad SMARTS) is 1. The lowest BCUT2D eigenvalue weighted by Gasteiger charge is -2.34. The van der Waals surface area contributed by atoms with Crippen molar-refractivity contribution in [3.8, 4) is 0 Å². The van der Waals surface area contributed by atoms with Gasteiger partial charge in [-0.25, -0.2) is 9.78 Å². The maximum atomic E-state index is 12.6. The Morgan fingerprint density at radius 3 is 2.61 bits per heavy atom. The lowest BCUT2D eigenvalue weighted by Crippen LogP contribution is -2.42. The minimum atomic E-state index is -0.703. The van der Waals surface area contributed by atoms with Crippen LogP contribution in [0.4, 0.5) is 10.5 Å². The molecule has 2 atom stereocenters. The zero-order valence-corrected chi connectivity index (χ0v) is 21.1. The number of aromatic nitrogens is 4. The van der Waals surface area contributed by atoms with Crippen LogP contribution in [0.25, 0.3) is 11.0 Å². The number of methoxy groups -OCH3 is 1. The van der Waals surface area contributed by atoms with E-state index in [1.165, 1.54) is 7.11 Å². The Bertz CT molecular complexity index is 1270. The molecule has 1 N–H and O–H groups in total. The highest BCUT2D eigenvalue weighted by Crippen LogP contribution is 2.41. The molecular formula is C27H33N5O4. The molecule has 3 aromatic rings. The van der Waals surface area contributed by atoms with Crippen molar-refractivity contribution in [3.05, 3.63) is 47.8 Å². The van der Waals surface area contributed by atoms with Gasteiger partial charge in [0.25, 0.3) is 0 Å². The van der Waals surface area contributed by atoms with E-state index in [0.29, 0.717) is 19.3 Å². The second-order valence-corrected chi connectivity index (χ2v) is 10.1. The summed E-state index contributed by atoms with van der Waals surface area (Å²) < 4.78 is 7.43. The van der Waals surface area contributed by atoms with Crippen molar-refractivity contribution < 1.29 is 19.4 Å². The van der Waals surface area contributed by atoms with Crippen molar-refractivity contribution in [2.45, 2.75) is 76.8 Å². The fourth-order valence-corrected chi connectivity index (χ4v) is 5.95. The number of carboxylic acids is 1. The number of imidazole rings is 1. The number of rotatable bonds is 5. The number of aryl methyl sites for hydroxylation is 1. The van der Waals surface area contributed by atoms with Crippen LogP contribution >= 0.6 is 0 Å². The molecule has 1 fully saturated rings. The van der Waals surface area contributed by atoms with Crippen LogP contribution in [0.15, 0.2) is 30.7 Å². The predicted molar refractivity (Wildman–Crippen MR) is 135 cm³/mol. The van der Waals surface area contributed by atoms with Gasteiger partial charge in [0.05, 0.1) is 35.4 Å². The molecule has 2 aromatic heterocycles. The van der Waals surface area contributed by atoms with Crippen molar-refractivity contribution in [3.63, 3.8) is 0 Å². The third-order valence-electron chi connectivity index (χ3n) is 7.84. The molecule has 36 heavy (non-hydrogen) atoms. The summed E-state index contributed by atoms with van der Waals surface area (Å²) in [4.78, 5) is 39.8. The fourth-order valence-electron chi connectivity index (χ4n) is 5.95. The van der Waals surface area contributed by atoms with Crippen LogP contribution in [0.5, 0.6) is 0 Å². The molecule has 0 saturated heterocycles. The van der Waals surface area contributed by atoms with Gasteiger partial charge in [0.1, 0.15) is 5.82 Å². The van der Waals surface area contributed by atoms with Gasteiger partial charge in [-0.3, -0.25) is 19.7 Å². The summed E-state index contributed by atoms with van der Waals surface area (Å²) in [5.74, 6) is 0.0814. The van der Waals surface area contributed by atoms with Crippen LogP contribution in [0, 0.1) is 5.92 Å². The highest BCUT2D eigenvalue weighted by Gasteiger charge is 2.34. The Kier molecular flexibility index (Phi) is 6.64. The first-order valence-corrected chi connectivity index (χ1v) is 12.8. The molecule has 1 aromatic carbocycles. The number of fused-ring (bicyclic) bond motifs is 3. The Morgan fingerprint density at radius 1 is 1.17 bits per heavy atom. The topological polar surface area (TPSA) is 110 Å². The van der Waals surface area contributed by atoms with E-state index >= 15 is 0 Å². The van der Waals surface area contributed by atoms with Crippen molar-refractivity contribution in [2.24, 2.45) is 5.92 Å². The summed E-state index contributed by atoms with van der Waals surface area (Å²) in [6.45, 7) is 4.20. The molecule has 5 rings (SSSR count). The SMILES string of the molecule is COC(=O)N1c2ccc3c(nc(C(C)Cc4cnccn4)n3C3CCC(C(=O)O)CC3)c2CCC1C. The van der Waals surface area contributed by atoms with E-state index in [1.807, 2.05) is 13.0 Å². The summed E-state index contributed by atoms with van der Waals surface area (Å²) in [6, 6.07) is 4.31. The van der Waals surface area contributed by atoms with Crippen LogP contribution in [0.3, 0.4) is 0 Å². The molecule has 9 nitrogen and oxygen atoms in total. The van der Waals surface area contributed by atoms with Crippen molar-refractivity contribution in [2.75, 3.05) is 12.0 Å². The molecule has 1 aliphatic heterocycles. The minimum absolute atomic E-state index is 0.0471. The number of amides is 1. The number of nitrogens with zero attached hydrogens (tertiary/aromatic N) is 5. The fraction of sp³-hybridized carbons (Fsp3) is 0.519. The van der Waals surface area contributed by atoms with E-state index in [0.717, 1.165) is 59.5 Å². The number of benzene rings is 1. The quantitative estimate of drug-likeness (QED) is 0.541.